The normalized spacial score (nSPS) is 13.5. The number of ether oxygens (including phenoxy) is 1. The van der Waals surface area contributed by atoms with Gasteiger partial charge >= 0.3 is 5.63 Å². The van der Waals surface area contributed by atoms with E-state index in [9.17, 15) is 9.90 Å². The molecule has 28 heavy (non-hydrogen) atoms. The lowest BCUT2D eigenvalue weighted by Crippen LogP contribution is -2.09. The largest absolute Gasteiger partial charge is 0.493 e. The number of allylic oxidation sites excluding steroid dienone is 7. The molecule has 1 aromatic heterocycles. The lowest BCUT2D eigenvalue weighted by atomic mass is 10.2. The van der Waals surface area contributed by atoms with Gasteiger partial charge in [-0.05, 0) is 37.5 Å². The summed E-state index contributed by atoms with van der Waals surface area (Å²) in [5.74, 6) is 0.608. The smallest absolute Gasteiger partial charge is 0.336 e. The van der Waals surface area contributed by atoms with Gasteiger partial charge in [0, 0.05) is 23.9 Å². The van der Waals surface area contributed by atoms with Gasteiger partial charge in [-0.3, -0.25) is 0 Å². The summed E-state index contributed by atoms with van der Waals surface area (Å²) in [6, 6.07) is 8.44. The van der Waals surface area contributed by atoms with E-state index in [2.05, 4.69) is 25.2 Å². The third-order valence-electron chi connectivity index (χ3n) is 3.98. The first-order valence-corrected chi connectivity index (χ1v) is 9.69. The van der Waals surface area contributed by atoms with Crippen LogP contribution < -0.4 is 10.4 Å². The Balaban J connectivity index is 1.68. The molecule has 0 fully saturated rings. The SMILES string of the molecule is CC/C=C\CC/C=C/C=C\C=C\C(O)CCOc1ccc2ccc(=O)oc2c1. The highest BCUT2D eigenvalue weighted by Crippen LogP contribution is 2.19. The number of hydrogen-bond acceptors (Lipinski definition) is 4. The van der Waals surface area contributed by atoms with Crippen LogP contribution in [0.2, 0.25) is 0 Å². The van der Waals surface area contributed by atoms with Crippen molar-refractivity contribution >= 4 is 11.0 Å². The molecule has 1 N–H and O–H groups in total. The van der Waals surface area contributed by atoms with Gasteiger partial charge in [-0.2, -0.15) is 0 Å². The van der Waals surface area contributed by atoms with E-state index in [1.807, 2.05) is 36.4 Å². The van der Waals surface area contributed by atoms with E-state index in [-0.39, 0.29) is 5.63 Å². The van der Waals surface area contributed by atoms with Gasteiger partial charge in [0.15, 0.2) is 0 Å². The van der Waals surface area contributed by atoms with Crippen LogP contribution in [-0.4, -0.2) is 17.8 Å². The molecule has 1 aromatic carbocycles. The Morgan fingerprint density at radius 1 is 1.04 bits per heavy atom. The maximum absolute atomic E-state index is 11.3. The fourth-order valence-corrected chi connectivity index (χ4v) is 2.50. The third-order valence-corrected chi connectivity index (χ3v) is 3.98. The molecular formula is C24H28O4. The predicted octanol–water partition coefficient (Wildman–Crippen LogP) is 5.34. The van der Waals surface area contributed by atoms with Crippen molar-refractivity contribution in [2.24, 2.45) is 0 Å². The number of rotatable bonds is 11. The summed E-state index contributed by atoms with van der Waals surface area (Å²) < 4.78 is 10.8. The summed E-state index contributed by atoms with van der Waals surface area (Å²) in [6.45, 7) is 2.49. The fraction of sp³-hybridized carbons (Fsp3) is 0.292. The highest BCUT2D eigenvalue weighted by molar-refractivity contribution is 5.77. The van der Waals surface area contributed by atoms with Crippen molar-refractivity contribution < 1.29 is 14.3 Å². The van der Waals surface area contributed by atoms with Crippen molar-refractivity contribution in [3.8, 4) is 5.75 Å². The highest BCUT2D eigenvalue weighted by atomic mass is 16.5. The fourth-order valence-electron chi connectivity index (χ4n) is 2.50. The molecule has 1 unspecified atom stereocenters. The topological polar surface area (TPSA) is 59.7 Å². The second-order valence-corrected chi connectivity index (χ2v) is 6.31. The Morgan fingerprint density at radius 2 is 1.82 bits per heavy atom. The molecule has 0 aliphatic carbocycles. The molecular weight excluding hydrogens is 352 g/mol. The van der Waals surface area contributed by atoms with E-state index in [1.165, 1.54) is 6.07 Å². The molecule has 2 aromatic rings. The zero-order valence-electron chi connectivity index (χ0n) is 16.3. The van der Waals surface area contributed by atoms with Crippen molar-refractivity contribution in [2.45, 2.75) is 38.7 Å². The maximum Gasteiger partial charge on any atom is 0.336 e. The standard InChI is InChI=1S/C24H28O4/c1-2-3-4-5-6-7-8-9-10-11-12-21(25)17-18-27-22-15-13-20-14-16-24(26)28-23(20)19-22/h3-4,7-16,19,21,25H,2,5-6,17-18H2,1H3/b4-3-,8-7+,10-9-,12-11+. The van der Waals surface area contributed by atoms with E-state index >= 15 is 0 Å². The van der Waals surface area contributed by atoms with Crippen molar-refractivity contribution in [3.63, 3.8) is 0 Å². The van der Waals surface area contributed by atoms with Gasteiger partial charge in [0.2, 0.25) is 0 Å². The van der Waals surface area contributed by atoms with Gasteiger partial charge in [-0.25, -0.2) is 4.79 Å². The summed E-state index contributed by atoms with van der Waals surface area (Å²) in [7, 11) is 0. The average Bonchev–Trinajstić information content (AvgIpc) is 2.69. The minimum atomic E-state index is -0.578. The van der Waals surface area contributed by atoms with Gasteiger partial charge in [-0.1, -0.05) is 55.5 Å². The minimum Gasteiger partial charge on any atom is -0.493 e. The van der Waals surface area contributed by atoms with Crippen molar-refractivity contribution in [1.82, 2.24) is 0 Å². The molecule has 0 radical (unpaired) electrons. The monoisotopic (exact) mass is 380 g/mol. The molecule has 0 spiro atoms. The Morgan fingerprint density at radius 3 is 2.68 bits per heavy atom. The molecule has 0 aliphatic rings. The van der Waals surface area contributed by atoms with E-state index in [4.69, 9.17) is 9.15 Å². The second kappa shape index (κ2) is 12.5. The zero-order valence-corrected chi connectivity index (χ0v) is 16.3. The van der Waals surface area contributed by atoms with Gasteiger partial charge < -0.3 is 14.3 Å². The van der Waals surface area contributed by atoms with E-state index in [1.54, 1.807) is 18.2 Å². The predicted molar refractivity (Wildman–Crippen MR) is 115 cm³/mol. The van der Waals surface area contributed by atoms with Crippen LogP contribution in [0.3, 0.4) is 0 Å². The number of fused-ring (bicyclic) bond motifs is 1. The third kappa shape index (κ3) is 8.23. The maximum atomic E-state index is 11.3. The molecule has 4 nitrogen and oxygen atoms in total. The Hall–Kier alpha value is -2.85. The first-order valence-electron chi connectivity index (χ1n) is 9.69. The van der Waals surface area contributed by atoms with Crippen LogP contribution in [0.4, 0.5) is 0 Å². The van der Waals surface area contributed by atoms with Crippen molar-refractivity contribution in [2.75, 3.05) is 6.61 Å². The van der Waals surface area contributed by atoms with Crippen LogP contribution >= 0.6 is 0 Å². The van der Waals surface area contributed by atoms with Crippen molar-refractivity contribution in [1.29, 1.82) is 0 Å². The number of benzene rings is 1. The summed E-state index contributed by atoms with van der Waals surface area (Å²) in [4.78, 5) is 11.3. The molecule has 1 heterocycles. The van der Waals surface area contributed by atoms with Gasteiger partial charge in [0.1, 0.15) is 11.3 Å². The van der Waals surface area contributed by atoms with E-state index in [0.29, 0.717) is 24.4 Å². The Kier molecular flexibility index (Phi) is 9.59. The first-order chi connectivity index (χ1) is 13.7. The van der Waals surface area contributed by atoms with Gasteiger partial charge in [0.05, 0.1) is 12.7 Å². The Bertz CT molecular complexity index is 887. The van der Waals surface area contributed by atoms with Crippen molar-refractivity contribution in [3.05, 3.63) is 89.4 Å². The molecule has 4 heteroatoms. The quantitative estimate of drug-likeness (QED) is 0.247. The van der Waals surface area contributed by atoms with Crippen LogP contribution in [-0.2, 0) is 0 Å². The highest BCUT2D eigenvalue weighted by Gasteiger charge is 2.02. The van der Waals surface area contributed by atoms with E-state index < -0.39 is 6.10 Å². The molecule has 0 amide bonds. The summed E-state index contributed by atoms with van der Waals surface area (Å²) >= 11 is 0. The number of aliphatic hydroxyl groups excluding tert-OH is 1. The molecule has 2 rings (SSSR count). The molecule has 148 valence electrons. The molecule has 0 aliphatic heterocycles. The molecule has 0 saturated carbocycles. The lowest BCUT2D eigenvalue weighted by Gasteiger charge is -2.08. The van der Waals surface area contributed by atoms with Gasteiger partial charge in [-0.15, -0.1) is 0 Å². The van der Waals surface area contributed by atoms with Crippen LogP contribution in [0, 0.1) is 0 Å². The van der Waals surface area contributed by atoms with Crippen LogP contribution in [0.15, 0.2) is 88.2 Å². The second-order valence-electron chi connectivity index (χ2n) is 6.31. The molecule has 0 saturated heterocycles. The van der Waals surface area contributed by atoms with Crippen LogP contribution in [0.25, 0.3) is 11.0 Å². The molecule has 0 bridgehead atoms. The summed E-state index contributed by atoms with van der Waals surface area (Å²) in [5, 5.41) is 10.8. The zero-order chi connectivity index (χ0) is 20.0. The summed E-state index contributed by atoms with van der Waals surface area (Å²) in [5.41, 5.74) is 0.103. The van der Waals surface area contributed by atoms with Crippen LogP contribution in [0.1, 0.15) is 32.6 Å². The number of unbranched alkanes of at least 4 members (excludes halogenated alkanes) is 1. The lowest BCUT2D eigenvalue weighted by molar-refractivity contribution is 0.178. The first kappa shape index (κ1) is 21.5. The average molecular weight is 380 g/mol. The van der Waals surface area contributed by atoms with E-state index in [0.717, 1.165) is 24.6 Å². The Labute approximate surface area is 166 Å². The molecule has 1 atom stereocenters. The van der Waals surface area contributed by atoms with Gasteiger partial charge in [0.25, 0.3) is 0 Å². The van der Waals surface area contributed by atoms with Crippen LogP contribution in [0.5, 0.6) is 5.75 Å². The summed E-state index contributed by atoms with van der Waals surface area (Å²) in [6.07, 6.45) is 19.0. The number of hydrogen-bond donors (Lipinski definition) is 1. The number of aliphatic hydroxyl groups is 1. The minimum absolute atomic E-state index is 0.364.